The summed E-state index contributed by atoms with van der Waals surface area (Å²) < 4.78 is 2.75. The van der Waals surface area contributed by atoms with Gasteiger partial charge in [0.1, 0.15) is 30.2 Å². The predicted octanol–water partition coefficient (Wildman–Crippen LogP) is 1.10. The molecule has 0 radical (unpaired) electrons. The molecule has 0 saturated carbocycles. The molecule has 1 aliphatic heterocycles. The number of carboxylic acid groups (broad SMARTS) is 3. The van der Waals surface area contributed by atoms with E-state index in [0.717, 1.165) is 11.9 Å². The Labute approximate surface area is 359 Å². The lowest BCUT2D eigenvalue weighted by Gasteiger charge is -2.33. The number of halogens is 4. The Bertz CT molecular complexity index is 1570. The van der Waals surface area contributed by atoms with Gasteiger partial charge >= 0.3 is 24.0 Å². The van der Waals surface area contributed by atoms with Crippen LogP contribution in [0.1, 0.15) is 80.1 Å². The van der Waals surface area contributed by atoms with Gasteiger partial charge in [-0.3, -0.25) is 48.6 Å². The number of carboxylic acids is 3. The van der Waals surface area contributed by atoms with E-state index < -0.39 is 136 Å². The number of nitrogens with zero attached hydrogens (tertiary/aromatic N) is 2. The number of amides is 7. The number of nitrogens with one attached hydrogen (secondary N) is 5. The average Bonchev–Trinajstić information content (AvgIpc) is 3.61. The number of hydrogen-bond acceptors (Lipinski definition) is 11. The van der Waals surface area contributed by atoms with Gasteiger partial charge in [-0.25, -0.2) is 9.80 Å². The standard InChI is InChI=1S/C34H51Cl4N7O14/c1-7-12-45(33(58)59-32(35)34(36,37)38)43-27(51)21-9-8-13-44(21)29(53)24(16(4)5)42-28(52)23(15(2)3)41-26(50)20(14-18(30(54)55)31(56)57)40-25(49)19(39-17(6)46)10-11-22(47)48/h15-16,18-21,23-24,32H,7-14H2,1-6H3,(H,39,46)(H,40,49)(H,41,50)(H,42,52)(H,43,51)(H,47,48)(H,54,55)(H,56,57)/t19-,20-,21-,23-,24-,32?/m0/s1. The number of aliphatic carboxylic acids is 3. The molecule has 0 aromatic heterocycles. The maximum Gasteiger partial charge on any atom is 0.430 e. The third-order valence-corrected chi connectivity index (χ3v) is 10.1. The maximum atomic E-state index is 14.0. The zero-order valence-corrected chi connectivity index (χ0v) is 36.1. The van der Waals surface area contributed by atoms with Gasteiger partial charge in [-0.2, -0.15) is 0 Å². The number of alkyl halides is 4. The quantitative estimate of drug-likeness (QED) is 0.0455. The first-order valence-corrected chi connectivity index (χ1v) is 20.0. The third-order valence-electron chi connectivity index (χ3n) is 8.73. The lowest BCUT2D eigenvalue weighted by Crippen LogP contribution is -2.61. The Morgan fingerprint density at radius 1 is 0.814 bits per heavy atom. The number of carbonyl (C=O) groups excluding carboxylic acids is 7. The summed E-state index contributed by atoms with van der Waals surface area (Å²) in [6.07, 6.45) is -2.35. The molecule has 25 heteroatoms. The van der Waals surface area contributed by atoms with Crippen molar-refractivity contribution in [3.05, 3.63) is 0 Å². The van der Waals surface area contributed by atoms with Crippen molar-refractivity contribution >= 4 is 106 Å². The molecule has 1 heterocycles. The number of carbonyl (C=O) groups is 10. The molecule has 7 amide bonds. The van der Waals surface area contributed by atoms with Gasteiger partial charge in [0, 0.05) is 32.9 Å². The van der Waals surface area contributed by atoms with Crippen LogP contribution in [0.4, 0.5) is 4.79 Å². The third kappa shape index (κ3) is 17.0. The van der Waals surface area contributed by atoms with Gasteiger partial charge in [-0.05, 0) is 37.5 Å². The molecule has 1 saturated heterocycles. The first-order chi connectivity index (χ1) is 27.2. The summed E-state index contributed by atoms with van der Waals surface area (Å²) in [5.41, 5.74) is 0.679. The van der Waals surface area contributed by atoms with Crippen LogP contribution in [0, 0.1) is 17.8 Å². The van der Waals surface area contributed by atoms with Crippen LogP contribution in [0.25, 0.3) is 0 Å². The van der Waals surface area contributed by atoms with Gasteiger partial charge in [0.2, 0.25) is 38.9 Å². The molecule has 0 bridgehead atoms. The van der Waals surface area contributed by atoms with Crippen LogP contribution in [0.3, 0.4) is 0 Å². The Kier molecular flexibility index (Phi) is 21.5. The molecular formula is C34H51Cl4N7O14. The molecule has 21 nitrogen and oxygen atoms in total. The second-order valence-corrected chi connectivity index (χ2v) is 17.0. The van der Waals surface area contributed by atoms with E-state index in [1.165, 1.54) is 18.7 Å². The van der Waals surface area contributed by atoms with Gasteiger partial charge in [0.25, 0.3) is 5.91 Å². The average molecular weight is 924 g/mol. The highest BCUT2D eigenvalue weighted by Gasteiger charge is 2.42. The second-order valence-electron chi connectivity index (χ2n) is 14.2. The summed E-state index contributed by atoms with van der Waals surface area (Å²) in [7, 11) is 0. The summed E-state index contributed by atoms with van der Waals surface area (Å²) in [5, 5.41) is 38.3. The number of hydrogen-bond donors (Lipinski definition) is 8. The van der Waals surface area contributed by atoms with E-state index in [1.54, 1.807) is 20.8 Å². The van der Waals surface area contributed by atoms with Crippen LogP contribution in [0.5, 0.6) is 0 Å². The Balaban J connectivity index is 3.35. The molecule has 8 N–H and O–H groups in total. The van der Waals surface area contributed by atoms with Crippen LogP contribution in [-0.4, -0.2) is 137 Å². The second kappa shape index (κ2) is 24.0. The van der Waals surface area contributed by atoms with E-state index in [9.17, 15) is 58.2 Å². The highest BCUT2D eigenvalue weighted by Crippen LogP contribution is 2.34. The fourth-order valence-electron chi connectivity index (χ4n) is 5.70. The number of rotatable bonds is 21. The zero-order valence-electron chi connectivity index (χ0n) is 33.1. The maximum absolute atomic E-state index is 14.0. The summed E-state index contributed by atoms with van der Waals surface area (Å²) in [5.74, 6) is -14.1. The van der Waals surface area contributed by atoms with E-state index in [2.05, 4.69) is 26.7 Å². The van der Waals surface area contributed by atoms with Gasteiger partial charge in [-0.1, -0.05) is 81.0 Å². The molecule has 1 fully saturated rings. The molecule has 59 heavy (non-hydrogen) atoms. The van der Waals surface area contributed by atoms with E-state index in [0.29, 0.717) is 12.8 Å². The van der Waals surface area contributed by atoms with Crippen LogP contribution in [-0.2, 0) is 47.9 Å². The SMILES string of the molecule is CCCN(NC(=O)[C@@H]1CCCN1C(=O)[C@@H](NC(=O)[C@@H](NC(=O)[C@H](CC(C(=O)O)C(=O)O)NC(=O)[C@H](CCC(=O)O)NC(C)=O)C(C)C)C(C)C)C(=O)OC(Cl)C(Cl)(Cl)Cl. The van der Waals surface area contributed by atoms with Crippen LogP contribution < -0.4 is 26.7 Å². The Hall–Kier alpha value is -4.34. The van der Waals surface area contributed by atoms with Crippen molar-refractivity contribution in [2.24, 2.45) is 17.8 Å². The fraction of sp³-hybridized carbons (Fsp3) is 0.706. The highest BCUT2D eigenvalue weighted by molar-refractivity contribution is 6.70. The summed E-state index contributed by atoms with van der Waals surface area (Å²) in [4.78, 5) is 129. The van der Waals surface area contributed by atoms with E-state index in [-0.39, 0.29) is 19.5 Å². The zero-order chi connectivity index (χ0) is 45.5. The molecule has 1 rings (SSSR count). The lowest BCUT2D eigenvalue weighted by atomic mass is 9.96. The minimum atomic E-state index is -2.23. The number of hydrazine groups is 1. The van der Waals surface area contributed by atoms with Gasteiger partial charge < -0.3 is 46.2 Å². The molecule has 1 unspecified atom stereocenters. The number of likely N-dealkylation sites (tertiary alicyclic amines) is 1. The Morgan fingerprint density at radius 2 is 1.36 bits per heavy atom. The normalized spacial score (nSPS) is 16.6. The predicted molar refractivity (Wildman–Crippen MR) is 210 cm³/mol. The molecule has 6 atom stereocenters. The first-order valence-electron chi connectivity index (χ1n) is 18.4. The molecule has 0 aromatic carbocycles. The topological polar surface area (TPSA) is 307 Å². The molecule has 334 valence electrons. The van der Waals surface area contributed by atoms with Gasteiger partial charge in [0.05, 0.1) is 0 Å². The minimum Gasteiger partial charge on any atom is -0.481 e. The largest absolute Gasteiger partial charge is 0.481 e. The number of ether oxygens (including phenoxy) is 1. The van der Waals surface area contributed by atoms with Crippen molar-refractivity contribution in [3.8, 4) is 0 Å². The van der Waals surface area contributed by atoms with E-state index in [1.807, 2.05) is 0 Å². The van der Waals surface area contributed by atoms with Crippen molar-refractivity contribution in [2.75, 3.05) is 13.1 Å². The van der Waals surface area contributed by atoms with E-state index >= 15 is 0 Å². The summed E-state index contributed by atoms with van der Waals surface area (Å²) in [6, 6.07) is -7.36. The van der Waals surface area contributed by atoms with Crippen LogP contribution in [0.15, 0.2) is 0 Å². The highest BCUT2D eigenvalue weighted by atomic mass is 35.6. The van der Waals surface area contributed by atoms with Crippen LogP contribution in [0.2, 0.25) is 0 Å². The molecule has 0 aliphatic carbocycles. The lowest BCUT2D eigenvalue weighted by molar-refractivity contribution is -0.156. The van der Waals surface area contributed by atoms with E-state index in [4.69, 9.17) is 56.2 Å². The monoisotopic (exact) mass is 921 g/mol. The molecule has 1 aliphatic rings. The fourth-order valence-corrected chi connectivity index (χ4v) is 5.91. The van der Waals surface area contributed by atoms with Gasteiger partial charge in [-0.15, -0.1) is 0 Å². The summed E-state index contributed by atoms with van der Waals surface area (Å²) in [6.45, 7) is 8.97. The van der Waals surface area contributed by atoms with Crippen molar-refractivity contribution in [2.45, 2.75) is 120 Å². The Morgan fingerprint density at radius 3 is 1.83 bits per heavy atom. The molecular weight excluding hydrogens is 872 g/mol. The molecule has 0 aromatic rings. The van der Waals surface area contributed by atoms with Crippen molar-refractivity contribution < 1.29 is 68.0 Å². The smallest absolute Gasteiger partial charge is 0.430 e. The summed E-state index contributed by atoms with van der Waals surface area (Å²) >= 11 is 22.9. The van der Waals surface area contributed by atoms with Crippen molar-refractivity contribution in [1.29, 1.82) is 0 Å². The molecule has 0 spiro atoms. The first kappa shape index (κ1) is 52.7. The van der Waals surface area contributed by atoms with Crippen molar-refractivity contribution in [3.63, 3.8) is 0 Å². The van der Waals surface area contributed by atoms with Gasteiger partial charge in [0.15, 0.2) is 5.92 Å². The van der Waals surface area contributed by atoms with Crippen molar-refractivity contribution in [1.82, 2.24) is 36.6 Å². The van der Waals surface area contributed by atoms with Crippen LogP contribution >= 0.6 is 46.4 Å². The minimum absolute atomic E-state index is 0.0554.